The van der Waals surface area contributed by atoms with Crippen molar-refractivity contribution in [1.29, 1.82) is 0 Å². The van der Waals surface area contributed by atoms with Gasteiger partial charge in [-0.2, -0.15) is 8.42 Å². The SMILES string of the molecule is CCCC[PH](CCCC)(CCCC)CCCC.CCCCc1ccccc1S(=O)(=O)O. The van der Waals surface area contributed by atoms with E-state index in [1.807, 2.05) is 6.92 Å². The summed E-state index contributed by atoms with van der Waals surface area (Å²) in [5, 5.41) is 0. The van der Waals surface area contributed by atoms with Crippen LogP contribution in [0.3, 0.4) is 0 Å². The van der Waals surface area contributed by atoms with Crippen LogP contribution in [0.25, 0.3) is 0 Å². The molecule has 0 bridgehead atoms. The van der Waals surface area contributed by atoms with Crippen molar-refractivity contribution >= 4 is 17.4 Å². The van der Waals surface area contributed by atoms with Gasteiger partial charge in [0.25, 0.3) is 10.1 Å². The van der Waals surface area contributed by atoms with Crippen LogP contribution < -0.4 is 0 Å². The summed E-state index contributed by atoms with van der Waals surface area (Å²) in [6, 6.07) is 6.55. The van der Waals surface area contributed by atoms with Crippen LogP contribution in [-0.2, 0) is 16.5 Å². The van der Waals surface area contributed by atoms with Crippen molar-refractivity contribution in [2.45, 2.75) is 110 Å². The summed E-state index contributed by atoms with van der Waals surface area (Å²) in [6.45, 7) is 11.5. The minimum atomic E-state index is -4.06. The number of hydrogen-bond acceptors (Lipinski definition) is 2. The molecule has 0 saturated heterocycles. The van der Waals surface area contributed by atoms with Gasteiger partial charge in [0.1, 0.15) is 0 Å². The first kappa shape index (κ1) is 30.6. The smallest absolute Gasteiger partial charge is 0.282 e. The van der Waals surface area contributed by atoms with E-state index in [4.69, 9.17) is 4.55 Å². The molecule has 0 unspecified atom stereocenters. The number of hydrogen-bond donors (Lipinski definition) is 1. The molecule has 1 rings (SSSR count). The molecule has 1 aromatic rings. The maximum absolute atomic E-state index is 11.0. The van der Waals surface area contributed by atoms with Gasteiger partial charge in [-0.25, -0.2) is 0 Å². The minimum Gasteiger partial charge on any atom is -0.282 e. The first-order chi connectivity index (χ1) is 14.8. The van der Waals surface area contributed by atoms with Crippen LogP contribution in [0.5, 0.6) is 0 Å². The van der Waals surface area contributed by atoms with E-state index < -0.39 is 17.4 Å². The Balaban J connectivity index is 0.000000590. The van der Waals surface area contributed by atoms with Gasteiger partial charge in [-0.1, -0.05) is 31.5 Å². The second kappa shape index (κ2) is 18.0. The van der Waals surface area contributed by atoms with Crippen LogP contribution in [0.4, 0.5) is 0 Å². The largest absolute Gasteiger partial charge is 0.294 e. The Morgan fingerprint density at radius 2 is 1.06 bits per heavy atom. The monoisotopic (exact) mass is 474 g/mol. The van der Waals surface area contributed by atoms with Crippen molar-refractivity contribution in [3.05, 3.63) is 29.8 Å². The average molecular weight is 475 g/mol. The fourth-order valence-corrected chi connectivity index (χ4v) is 11.0. The van der Waals surface area contributed by atoms with Crippen molar-refractivity contribution in [3.63, 3.8) is 0 Å². The van der Waals surface area contributed by atoms with E-state index in [-0.39, 0.29) is 4.90 Å². The molecule has 0 heterocycles. The molecule has 0 atom stereocenters. The fraction of sp³-hybridized carbons (Fsp3) is 0.769. The second-order valence-corrected chi connectivity index (χ2v) is 15.5. The van der Waals surface area contributed by atoms with Gasteiger partial charge in [0.2, 0.25) is 0 Å². The Kier molecular flexibility index (Phi) is 17.8. The third kappa shape index (κ3) is 13.6. The van der Waals surface area contributed by atoms with Crippen LogP contribution in [-0.4, -0.2) is 37.6 Å². The molecule has 3 nitrogen and oxygen atoms in total. The molecule has 1 N–H and O–H groups in total. The molecule has 0 aliphatic rings. The van der Waals surface area contributed by atoms with Gasteiger partial charge in [-0.15, -0.1) is 0 Å². The molecule has 0 aliphatic carbocycles. The van der Waals surface area contributed by atoms with Gasteiger partial charge < -0.3 is 0 Å². The zero-order chi connectivity index (χ0) is 23.6. The molecule has 5 heteroatoms. The van der Waals surface area contributed by atoms with E-state index in [0.29, 0.717) is 12.0 Å². The van der Waals surface area contributed by atoms with E-state index in [2.05, 4.69) is 27.7 Å². The van der Waals surface area contributed by atoms with Gasteiger partial charge in [0, 0.05) is 0 Å². The predicted molar refractivity (Wildman–Crippen MR) is 142 cm³/mol. The topological polar surface area (TPSA) is 54.4 Å². The van der Waals surface area contributed by atoms with Crippen molar-refractivity contribution in [3.8, 4) is 0 Å². The summed E-state index contributed by atoms with van der Waals surface area (Å²) in [5.41, 5.74) is 0.692. The molecular weight excluding hydrogens is 423 g/mol. The Labute approximate surface area is 194 Å². The summed E-state index contributed by atoms with van der Waals surface area (Å²) < 4.78 is 30.9. The van der Waals surface area contributed by atoms with Gasteiger partial charge >= 0.3 is 111 Å². The third-order valence-corrected chi connectivity index (χ3v) is 12.9. The standard InChI is InChI=1S/C16H37P.C10H14O3S/c1-5-9-13-17(14-10-6-2,15-11-7-3)16-12-8-4;1-2-3-6-9-7-4-5-8-10(9)14(11,12)13/h17H,5-16H2,1-4H3;4-5,7-8H,2-3,6H2,1H3,(H,11,12,13). The van der Waals surface area contributed by atoms with E-state index >= 15 is 0 Å². The average Bonchev–Trinajstić information content (AvgIpc) is 2.76. The molecule has 0 aliphatic heterocycles. The van der Waals surface area contributed by atoms with Gasteiger partial charge in [-0.05, 0) is 24.5 Å². The maximum atomic E-state index is 11.0. The zero-order valence-corrected chi connectivity index (χ0v) is 22.9. The molecule has 0 aromatic heterocycles. The fourth-order valence-electron chi connectivity index (χ4n) is 4.29. The third-order valence-electron chi connectivity index (χ3n) is 6.29. The number of unbranched alkanes of at least 4 members (excludes halogenated alkanes) is 5. The predicted octanol–water partition coefficient (Wildman–Crippen LogP) is 8.21. The molecule has 184 valence electrons. The molecule has 0 radical (unpaired) electrons. The number of rotatable bonds is 16. The molecule has 0 amide bonds. The molecule has 31 heavy (non-hydrogen) atoms. The van der Waals surface area contributed by atoms with Crippen LogP contribution in [0, 0.1) is 0 Å². The Morgan fingerprint density at radius 3 is 1.42 bits per heavy atom. The maximum Gasteiger partial charge on any atom is 0.294 e. The van der Waals surface area contributed by atoms with Crippen molar-refractivity contribution in [1.82, 2.24) is 0 Å². The van der Waals surface area contributed by atoms with E-state index in [1.165, 1.54) is 57.4 Å². The minimum absolute atomic E-state index is 0.0356. The first-order valence-electron chi connectivity index (χ1n) is 12.9. The van der Waals surface area contributed by atoms with Crippen LogP contribution in [0.1, 0.15) is 104 Å². The van der Waals surface area contributed by atoms with Crippen LogP contribution in [0.15, 0.2) is 29.2 Å². The normalized spacial score (nSPS) is 12.3. The summed E-state index contributed by atoms with van der Waals surface area (Å²) in [7, 11) is -4.94. The Bertz CT molecular complexity index is 621. The Morgan fingerprint density at radius 1 is 0.677 bits per heavy atom. The van der Waals surface area contributed by atoms with Crippen molar-refractivity contribution < 1.29 is 13.0 Å². The van der Waals surface area contributed by atoms with Gasteiger partial charge in [0.15, 0.2) is 0 Å². The van der Waals surface area contributed by atoms with E-state index in [0.717, 1.165) is 12.8 Å². The summed E-state index contributed by atoms with van der Waals surface area (Å²) in [4.78, 5) is 0.0356. The zero-order valence-electron chi connectivity index (χ0n) is 21.1. The molecule has 0 saturated carbocycles. The molecule has 1 aromatic carbocycles. The van der Waals surface area contributed by atoms with Gasteiger partial charge in [0.05, 0.1) is 4.90 Å². The molecule has 0 fully saturated rings. The number of benzene rings is 1. The van der Waals surface area contributed by atoms with Gasteiger partial charge in [-0.3, -0.25) is 4.55 Å². The summed E-state index contributed by atoms with van der Waals surface area (Å²) in [6.07, 6.45) is 20.7. The first-order valence-corrected chi connectivity index (χ1v) is 17.1. The second-order valence-electron chi connectivity index (χ2n) is 9.10. The van der Waals surface area contributed by atoms with Crippen molar-refractivity contribution in [2.75, 3.05) is 24.6 Å². The Hall–Kier alpha value is -0.440. The van der Waals surface area contributed by atoms with Crippen molar-refractivity contribution in [2.24, 2.45) is 0 Å². The van der Waals surface area contributed by atoms with E-state index in [9.17, 15) is 8.42 Å². The van der Waals surface area contributed by atoms with Crippen LogP contribution >= 0.6 is 7.26 Å². The summed E-state index contributed by atoms with van der Waals surface area (Å²) in [5.74, 6) is 0. The van der Waals surface area contributed by atoms with Crippen LogP contribution in [0.2, 0.25) is 0 Å². The summed E-state index contributed by atoms with van der Waals surface area (Å²) >= 11 is 0. The van der Waals surface area contributed by atoms with E-state index in [1.54, 1.807) is 42.8 Å². The number of aryl methyl sites for hydroxylation is 1. The molecular formula is C26H51O3PS. The molecule has 0 spiro atoms. The quantitative estimate of drug-likeness (QED) is 0.194.